The predicted molar refractivity (Wildman–Crippen MR) is 71.4 cm³/mol. The van der Waals surface area contributed by atoms with Crippen molar-refractivity contribution in [3.8, 4) is 0 Å². The van der Waals surface area contributed by atoms with Crippen molar-refractivity contribution in [3.63, 3.8) is 0 Å². The minimum absolute atomic E-state index is 0.250. The largest absolute Gasteiger partial charge is 0.223 e. The topological polar surface area (TPSA) is 34.1 Å². The van der Waals surface area contributed by atoms with Crippen LogP contribution in [-0.2, 0) is 15.6 Å². The Morgan fingerprint density at radius 3 is 2.32 bits per heavy atom. The van der Waals surface area contributed by atoms with Crippen LogP contribution in [0.1, 0.15) is 5.56 Å². The molecule has 0 saturated carbocycles. The highest BCUT2D eigenvalue weighted by atomic mass is 79.9. The molecule has 19 heavy (non-hydrogen) atoms. The Balaban J connectivity index is 2.37. The molecule has 0 N–H and O–H groups in total. The summed E-state index contributed by atoms with van der Waals surface area (Å²) in [5.74, 6) is -1.81. The van der Waals surface area contributed by atoms with E-state index in [0.717, 1.165) is 12.1 Å². The number of hydrogen-bond donors (Lipinski definition) is 0. The van der Waals surface area contributed by atoms with Gasteiger partial charge in [0, 0.05) is 0 Å². The van der Waals surface area contributed by atoms with Crippen LogP contribution in [0.25, 0.3) is 0 Å². The van der Waals surface area contributed by atoms with E-state index in [4.69, 9.17) is 0 Å². The van der Waals surface area contributed by atoms with Gasteiger partial charge in [0.15, 0.2) is 9.84 Å². The molecule has 0 atom stereocenters. The van der Waals surface area contributed by atoms with Crippen molar-refractivity contribution in [2.75, 3.05) is 0 Å². The lowest BCUT2D eigenvalue weighted by Gasteiger charge is -2.06. The smallest absolute Gasteiger partial charge is 0.185 e. The van der Waals surface area contributed by atoms with Crippen LogP contribution in [0.3, 0.4) is 0 Å². The minimum atomic E-state index is -3.83. The van der Waals surface area contributed by atoms with Crippen LogP contribution in [0.15, 0.2) is 51.8 Å². The van der Waals surface area contributed by atoms with E-state index >= 15 is 0 Å². The summed E-state index contributed by atoms with van der Waals surface area (Å²) in [5, 5.41) is 0. The van der Waals surface area contributed by atoms with Crippen LogP contribution in [0.5, 0.6) is 0 Å². The molecular formula is C13H9BrF2O2S. The van der Waals surface area contributed by atoms with Crippen molar-refractivity contribution in [3.05, 3.63) is 64.1 Å². The van der Waals surface area contributed by atoms with Gasteiger partial charge in [0.1, 0.15) is 16.5 Å². The molecular weight excluding hydrogens is 338 g/mol. The third-order valence-corrected chi connectivity index (χ3v) is 4.87. The summed E-state index contributed by atoms with van der Waals surface area (Å²) >= 11 is 2.98. The first-order valence-corrected chi connectivity index (χ1v) is 7.76. The van der Waals surface area contributed by atoms with Gasteiger partial charge in [-0.05, 0) is 45.8 Å². The van der Waals surface area contributed by atoms with Crippen LogP contribution < -0.4 is 0 Å². The molecule has 0 fully saturated rings. The van der Waals surface area contributed by atoms with Gasteiger partial charge in [-0.1, -0.05) is 18.2 Å². The highest BCUT2D eigenvalue weighted by Gasteiger charge is 2.19. The third-order valence-electron chi connectivity index (χ3n) is 2.51. The average molecular weight is 347 g/mol. The summed E-state index contributed by atoms with van der Waals surface area (Å²) in [6, 6.07) is 9.14. The normalized spacial score (nSPS) is 11.5. The Hall–Kier alpha value is -1.27. The molecule has 2 rings (SSSR count). The maximum atomic E-state index is 13.5. The van der Waals surface area contributed by atoms with E-state index in [9.17, 15) is 17.2 Å². The van der Waals surface area contributed by atoms with E-state index in [0.29, 0.717) is 0 Å². The van der Waals surface area contributed by atoms with Crippen molar-refractivity contribution in [2.45, 2.75) is 10.6 Å². The predicted octanol–water partition coefficient (Wildman–Crippen LogP) is 3.70. The van der Waals surface area contributed by atoms with E-state index in [-0.39, 0.29) is 14.9 Å². The molecule has 0 unspecified atom stereocenters. The highest BCUT2D eigenvalue weighted by Crippen LogP contribution is 2.22. The molecule has 0 aliphatic carbocycles. The first kappa shape index (κ1) is 14.1. The standard InChI is InChI=1S/C13H9BrF2O2S/c14-10-6-5-9(7-12(10)16)8-19(17,18)13-4-2-1-3-11(13)15/h1-7H,8H2. The SMILES string of the molecule is O=S(=O)(Cc1ccc(Br)c(F)c1)c1ccccc1F. The first-order valence-electron chi connectivity index (χ1n) is 5.31. The molecule has 0 heterocycles. The zero-order valence-electron chi connectivity index (χ0n) is 9.61. The summed E-state index contributed by atoms with van der Waals surface area (Å²) in [6.07, 6.45) is 0. The van der Waals surface area contributed by atoms with Crippen molar-refractivity contribution in [2.24, 2.45) is 0 Å². The fraction of sp³-hybridized carbons (Fsp3) is 0.0769. The fourth-order valence-corrected chi connectivity index (χ4v) is 3.30. The van der Waals surface area contributed by atoms with Gasteiger partial charge in [-0.15, -0.1) is 0 Å². The fourth-order valence-electron chi connectivity index (χ4n) is 1.62. The Bertz CT molecular complexity index is 714. The number of rotatable bonds is 3. The van der Waals surface area contributed by atoms with Gasteiger partial charge in [-0.2, -0.15) is 0 Å². The Morgan fingerprint density at radius 2 is 1.68 bits per heavy atom. The minimum Gasteiger partial charge on any atom is -0.223 e. The van der Waals surface area contributed by atoms with Crippen LogP contribution >= 0.6 is 15.9 Å². The van der Waals surface area contributed by atoms with Crippen molar-refractivity contribution in [1.29, 1.82) is 0 Å². The zero-order valence-corrected chi connectivity index (χ0v) is 12.0. The second-order valence-corrected chi connectivity index (χ2v) is 6.75. The van der Waals surface area contributed by atoms with Crippen molar-refractivity contribution >= 4 is 25.8 Å². The molecule has 2 nitrogen and oxygen atoms in total. The summed E-state index contributed by atoms with van der Waals surface area (Å²) in [5.41, 5.74) is 0.268. The molecule has 0 amide bonds. The highest BCUT2D eigenvalue weighted by molar-refractivity contribution is 9.10. The Labute approximate surface area is 118 Å². The number of benzene rings is 2. The molecule has 0 spiro atoms. The summed E-state index contributed by atoms with van der Waals surface area (Å²) in [7, 11) is -3.83. The molecule has 2 aromatic carbocycles. The lowest BCUT2D eigenvalue weighted by Crippen LogP contribution is -2.07. The second-order valence-electron chi connectivity index (χ2n) is 3.94. The monoisotopic (exact) mass is 346 g/mol. The van der Waals surface area contributed by atoms with Crippen LogP contribution in [0.2, 0.25) is 0 Å². The van der Waals surface area contributed by atoms with E-state index < -0.39 is 27.2 Å². The lowest BCUT2D eigenvalue weighted by molar-refractivity contribution is 0.566. The van der Waals surface area contributed by atoms with Gasteiger partial charge >= 0.3 is 0 Å². The van der Waals surface area contributed by atoms with Gasteiger partial charge in [0.25, 0.3) is 0 Å². The number of sulfone groups is 1. The summed E-state index contributed by atoms with van der Waals surface area (Å²) in [6.45, 7) is 0. The molecule has 0 aliphatic heterocycles. The molecule has 0 aliphatic rings. The molecule has 0 saturated heterocycles. The molecule has 0 bridgehead atoms. The van der Waals surface area contributed by atoms with Crippen molar-refractivity contribution < 1.29 is 17.2 Å². The van der Waals surface area contributed by atoms with Gasteiger partial charge in [-0.25, -0.2) is 17.2 Å². The lowest BCUT2D eigenvalue weighted by atomic mass is 10.2. The van der Waals surface area contributed by atoms with Crippen molar-refractivity contribution in [1.82, 2.24) is 0 Å². The summed E-state index contributed by atoms with van der Waals surface area (Å²) < 4.78 is 51.1. The maximum Gasteiger partial charge on any atom is 0.185 e. The summed E-state index contributed by atoms with van der Waals surface area (Å²) in [4.78, 5) is -0.377. The molecule has 100 valence electrons. The second kappa shape index (κ2) is 5.38. The Kier molecular flexibility index (Phi) is 4.01. The molecule has 0 aromatic heterocycles. The van der Waals surface area contributed by atoms with E-state index in [1.54, 1.807) is 0 Å². The van der Waals surface area contributed by atoms with Crippen LogP contribution in [-0.4, -0.2) is 8.42 Å². The van der Waals surface area contributed by atoms with Gasteiger partial charge in [-0.3, -0.25) is 0 Å². The first-order chi connectivity index (χ1) is 8.90. The van der Waals surface area contributed by atoms with Gasteiger partial charge in [0.2, 0.25) is 0 Å². The van der Waals surface area contributed by atoms with Gasteiger partial charge in [0.05, 0.1) is 10.2 Å². The number of hydrogen-bond acceptors (Lipinski definition) is 2. The van der Waals surface area contributed by atoms with E-state index in [1.807, 2.05) is 0 Å². The molecule has 0 radical (unpaired) electrons. The quantitative estimate of drug-likeness (QED) is 0.849. The average Bonchev–Trinajstić information content (AvgIpc) is 2.34. The maximum absolute atomic E-state index is 13.5. The zero-order chi connectivity index (χ0) is 14.0. The van der Waals surface area contributed by atoms with Gasteiger partial charge < -0.3 is 0 Å². The number of halogens is 3. The van der Waals surface area contributed by atoms with Crippen LogP contribution in [0, 0.1) is 11.6 Å². The molecule has 2 aromatic rings. The third kappa shape index (κ3) is 3.19. The molecule has 6 heteroatoms. The van der Waals surface area contributed by atoms with Crippen LogP contribution in [0.4, 0.5) is 8.78 Å². The Morgan fingerprint density at radius 1 is 1.00 bits per heavy atom. The van der Waals surface area contributed by atoms with E-state index in [1.165, 1.54) is 30.3 Å². The van der Waals surface area contributed by atoms with E-state index in [2.05, 4.69) is 15.9 Å².